The molecular weight excluding hydrogens is 328 g/mol. The summed E-state index contributed by atoms with van der Waals surface area (Å²) < 4.78 is 4.96. The van der Waals surface area contributed by atoms with Gasteiger partial charge in [0.05, 0.1) is 11.5 Å². The molecule has 0 saturated carbocycles. The third kappa shape index (κ3) is 4.57. The van der Waals surface area contributed by atoms with Gasteiger partial charge in [-0.2, -0.15) is 0 Å². The number of hydrogen-bond acceptors (Lipinski definition) is 4. The SMILES string of the molecule is COCC(Br)CCNC(=O)c1cccc(C)c1[N+](=O)[O-]. The van der Waals surface area contributed by atoms with E-state index in [0.717, 1.165) is 0 Å². The van der Waals surface area contributed by atoms with Crippen LogP contribution in [-0.4, -0.2) is 35.9 Å². The predicted molar refractivity (Wildman–Crippen MR) is 79.4 cm³/mol. The first kappa shape index (κ1) is 16.6. The fourth-order valence-electron chi connectivity index (χ4n) is 1.79. The van der Waals surface area contributed by atoms with Crippen LogP contribution in [0.2, 0.25) is 0 Å². The third-order valence-corrected chi connectivity index (χ3v) is 3.48. The molecule has 6 nitrogen and oxygen atoms in total. The molecule has 110 valence electrons. The van der Waals surface area contributed by atoms with Gasteiger partial charge in [0.1, 0.15) is 5.56 Å². The molecular formula is C13H17BrN2O4. The molecule has 0 aromatic heterocycles. The van der Waals surface area contributed by atoms with Gasteiger partial charge in [-0.25, -0.2) is 0 Å². The number of nitrogens with one attached hydrogen (secondary N) is 1. The van der Waals surface area contributed by atoms with Gasteiger partial charge in [-0.05, 0) is 19.4 Å². The summed E-state index contributed by atoms with van der Waals surface area (Å²) in [6.07, 6.45) is 0.680. The fourth-order valence-corrected chi connectivity index (χ4v) is 2.28. The van der Waals surface area contributed by atoms with E-state index in [1.165, 1.54) is 6.07 Å². The third-order valence-electron chi connectivity index (χ3n) is 2.76. The van der Waals surface area contributed by atoms with Crippen molar-refractivity contribution < 1.29 is 14.5 Å². The van der Waals surface area contributed by atoms with E-state index in [9.17, 15) is 14.9 Å². The highest BCUT2D eigenvalue weighted by Gasteiger charge is 2.22. The Hall–Kier alpha value is -1.47. The molecule has 7 heteroatoms. The summed E-state index contributed by atoms with van der Waals surface area (Å²) in [5, 5.41) is 13.7. The molecule has 1 aromatic carbocycles. The lowest BCUT2D eigenvalue weighted by Crippen LogP contribution is -2.27. The summed E-state index contributed by atoms with van der Waals surface area (Å²) in [5.74, 6) is -0.433. The maximum atomic E-state index is 12.0. The minimum atomic E-state index is -0.525. The summed E-state index contributed by atoms with van der Waals surface area (Å²) in [6, 6.07) is 4.71. The van der Waals surface area contributed by atoms with E-state index in [-0.39, 0.29) is 16.1 Å². The van der Waals surface area contributed by atoms with Gasteiger partial charge < -0.3 is 10.1 Å². The molecule has 0 heterocycles. The van der Waals surface area contributed by atoms with Crippen molar-refractivity contribution in [2.24, 2.45) is 0 Å². The monoisotopic (exact) mass is 344 g/mol. The Morgan fingerprint density at radius 1 is 1.55 bits per heavy atom. The molecule has 0 aliphatic heterocycles. The van der Waals surface area contributed by atoms with Crippen LogP contribution in [0.4, 0.5) is 5.69 Å². The minimum Gasteiger partial charge on any atom is -0.384 e. The van der Waals surface area contributed by atoms with Crippen LogP contribution in [-0.2, 0) is 4.74 Å². The number of nitro benzene ring substituents is 1. The number of carbonyl (C=O) groups excluding carboxylic acids is 1. The summed E-state index contributed by atoms with van der Waals surface area (Å²) >= 11 is 3.41. The lowest BCUT2D eigenvalue weighted by atomic mass is 10.1. The van der Waals surface area contributed by atoms with Gasteiger partial charge >= 0.3 is 0 Å². The number of nitro groups is 1. The molecule has 0 bridgehead atoms. The number of alkyl halides is 1. The molecule has 0 spiro atoms. The van der Waals surface area contributed by atoms with Gasteiger partial charge in [0.2, 0.25) is 0 Å². The van der Waals surface area contributed by atoms with Crippen LogP contribution >= 0.6 is 15.9 Å². The number of nitrogens with zero attached hydrogens (tertiary/aromatic N) is 1. The van der Waals surface area contributed by atoms with Crippen molar-refractivity contribution in [1.82, 2.24) is 5.32 Å². The van der Waals surface area contributed by atoms with Crippen molar-refractivity contribution in [3.8, 4) is 0 Å². The topological polar surface area (TPSA) is 81.5 Å². The highest BCUT2D eigenvalue weighted by molar-refractivity contribution is 9.09. The number of aryl methyl sites for hydroxylation is 1. The van der Waals surface area contributed by atoms with Crippen LogP contribution in [0.5, 0.6) is 0 Å². The lowest BCUT2D eigenvalue weighted by molar-refractivity contribution is -0.385. The van der Waals surface area contributed by atoms with Gasteiger partial charge in [0.25, 0.3) is 11.6 Å². The molecule has 0 aliphatic rings. The maximum Gasteiger partial charge on any atom is 0.285 e. The van der Waals surface area contributed by atoms with Crippen molar-refractivity contribution in [2.75, 3.05) is 20.3 Å². The summed E-state index contributed by atoms with van der Waals surface area (Å²) in [4.78, 5) is 22.6. The first-order valence-electron chi connectivity index (χ1n) is 6.12. The molecule has 1 aromatic rings. The molecule has 0 saturated heterocycles. The molecule has 1 N–H and O–H groups in total. The average molecular weight is 345 g/mol. The van der Waals surface area contributed by atoms with E-state index in [1.54, 1.807) is 26.2 Å². The number of hydrogen-bond donors (Lipinski definition) is 1. The van der Waals surface area contributed by atoms with E-state index in [4.69, 9.17) is 4.74 Å². The van der Waals surface area contributed by atoms with Crippen LogP contribution in [0.15, 0.2) is 18.2 Å². The second-order valence-electron chi connectivity index (χ2n) is 4.33. The Balaban J connectivity index is 2.69. The van der Waals surface area contributed by atoms with Crippen molar-refractivity contribution in [3.05, 3.63) is 39.4 Å². The molecule has 1 rings (SSSR count). The zero-order chi connectivity index (χ0) is 15.1. The molecule has 1 amide bonds. The van der Waals surface area contributed by atoms with Crippen LogP contribution in [0.3, 0.4) is 0 Å². The van der Waals surface area contributed by atoms with Crippen molar-refractivity contribution >= 4 is 27.5 Å². The standard InChI is InChI=1S/C13H17BrN2O4/c1-9-4-3-5-11(12(9)16(18)19)13(17)15-7-6-10(14)8-20-2/h3-5,10H,6-8H2,1-2H3,(H,15,17). The number of para-hydroxylation sites is 1. The minimum absolute atomic E-state index is 0.0906. The zero-order valence-electron chi connectivity index (χ0n) is 11.4. The largest absolute Gasteiger partial charge is 0.384 e. The van der Waals surface area contributed by atoms with Gasteiger partial charge in [0.15, 0.2) is 0 Å². The Morgan fingerprint density at radius 3 is 2.85 bits per heavy atom. The Bertz CT molecular complexity index is 493. The normalized spacial score (nSPS) is 11.9. The number of carbonyl (C=O) groups is 1. The number of benzene rings is 1. The number of methoxy groups -OCH3 is 1. The van der Waals surface area contributed by atoms with Crippen molar-refractivity contribution in [2.45, 2.75) is 18.2 Å². The summed E-state index contributed by atoms with van der Waals surface area (Å²) in [5.41, 5.74) is 0.422. The highest BCUT2D eigenvalue weighted by atomic mass is 79.9. The Morgan fingerprint density at radius 2 is 2.25 bits per heavy atom. The summed E-state index contributed by atoms with van der Waals surface area (Å²) in [6.45, 7) is 2.58. The van der Waals surface area contributed by atoms with E-state index in [2.05, 4.69) is 21.2 Å². The number of halogens is 1. The van der Waals surface area contributed by atoms with Crippen molar-refractivity contribution in [1.29, 1.82) is 0 Å². The first-order valence-corrected chi connectivity index (χ1v) is 7.04. The van der Waals surface area contributed by atoms with Crippen LogP contribution < -0.4 is 5.32 Å². The van der Waals surface area contributed by atoms with Crippen LogP contribution in [0.25, 0.3) is 0 Å². The Kier molecular flexibility index (Phi) is 6.60. The smallest absolute Gasteiger partial charge is 0.285 e. The van der Waals surface area contributed by atoms with Gasteiger partial charge in [-0.1, -0.05) is 28.1 Å². The number of ether oxygens (including phenoxy) is 1. The van der Waals surface area contributed by atoms with Crippen LogP contribution in [0.1, 0.15) is 22.3 Å². The van der Waals surface area contributed by atoms with E-state index >= 15 is 0 Å². The molecule has 0 radical (unpaired) electrons. The highest BCUT2D eigenvalue weighted by Crippen LogP contribution is 2.22. The number of amides is 1. The Labute approximate surface area is 125 Å². The molecule has 1 unspecified atom stereocenters. The van der Waals surface area contributed by atoms with E-state index in [1.807, 2.05) is 0 Å². The summed E-state index contributed by atoms with van der Waals surface area (Å²) in [7, 11) is 1.60. The first-order chi connectivity index (χ1) is 9.47. The van der Waals surface area contributed by atoms with E-state index < -0.39 is 10.8 Å². The molecule has 1 atom stereocenters. The lowest BCUT2D eigenvalue weighted by Gasteiger charge is -2.10. The fraction of sp³-hybridized carbons (Fsp3) is 0.462. The van der Waals surface area contributed by atoms with E-state index in [0.29, 0.717) is 25.1 Å². The average Bonchev–Trinajstić information content (AvgIpc) is 2.38. The molecule has 0 fully saturated rings. The predicted octanol–water partition coefficient (Wildman–Crippen LogP) is 2.43. The quantitative estimate of drug-likeness (QED) is 0.468. The van der Waals surface area contributed by atoms with Crippen molar-refractivity contribution in [3.63, 3.8) is 0 Å². The molecule has 20 heavy (non-hydrogen) atoms. The zero-order valence-corrected chi connectivity index (χ0v) is 13.0. The second kappa shape index (κ2) is 7.96. The second-order valence-corrected chi connectivity index (χ2v) is 5.62. The van der Waals surface area contributed by atoms with Gasteiger partial charge in [0, 0.05) is 24.0 Å². The van der Waals surface area contributed by atoms with Gasteiger partial charge in [-0.15, -0.1) is 0 Å². The number of rotatable bonds is 7. The van der Waals surface area contributed by atoms with Crippen LogP contribution in [0, 0.1) is 17.0 Å². The van der Waals surface area contributed by atoms with Gasteiger partial charge in [-0.3, -0.25) is 14.9 Å². The molecule has 0 aliphatic carbocycles. The maximum absolute atomic E-state index is 12.0.